The summed E-state index contributed by atoms with van der Waals surface area (Å²) < 4.78 is 31.3. The number of nitriles is 1. The molecule has 104 valence electrons. The Labute approximate surface area is 115 Å². The van der Waals surface area contributed by atoms with Gasteiger partial charge >= 0.3 is 0 Å². The highest BCUT2D eigenvalue weighted by atomic mass is 19.2. The summed E-state index contributed by atoms with van der Waals surface area (Å²) in [7, 11) is 0. The molecule has 0 fully saturated rings. The highest BCUT2D eigenvalue weighted by Crippen LogP contribution is 2.22. The fourth-order valence-electron chi connectivity index (χ4n) is 1.61. The highest BCUT2D eigenvalue weighted by Gasteiger charge is 2.15. The van der Waals surface area contributed by atoms with E-state index in [0.29, 0.717) is 11.5 Å². The normalized spacial score (nSPS) is 10.6. The van der Waals surface area contributed by atoms with E-state index in [0.717, 1.165) is 12.1 Å². The van der Waals surface area contributed by atoms with Crippen molar-refractivity contribution in [1.82, 2.24) is 4.98 Å². The van der Waals surface area contributed by atoms with Gasteiger partial charge in [0.15, 0.2) is 11.6 Å². The van der Waals surface area contributed by atoms with Crippen molar-refractivity contribution in [3.8, 4) is 6.07 Å². The fourth-order valence-corrected chi connectivity index (χ4v) is 1.61. The van der Waals surface area contributed by atoms with E-state index < -0.39 is 11.6 Å². The summed E-state index contributed by atoms with van der Waals surface area (Å²) in [6.45, 7) is 4.00. The second-order valence-electron chi connectivity index (χ2n) is 4.60. The van der Waals surface area contributed by atoms with Gasteiger partial charge in [-0.25, -0.2) is 13.8 Å². The van der Waals surface area contributed by atoms with Gasteiger partial charge in [-0.15, -0.1) is 0 Å². The lowest BCUT2D eigenvalue weighted by molar-refractivity contribution is 0.480. The lowest BCUT2D eigenvalue weighted by Gasteiger charge is -2.04. The van der Waals surface area contributed by atoms with Crippen LogP contribution in [0, 0.1) is 23.0 Å². The predicted molar refractivity (Wildman–Crippen MR) is 69.0 cm³/mol. The van der Waals surface area contributed by atoms with E-state index in [1.165, 1.54) is 6.07 Å². The van der Waals surface area contributed by atoms with Crippen LogP contribution in [0.15, 0.2) is 22.6 Å². The van der Waals surface area contributed by atoms with Gasteiger partial charge in [0.1, 0.15) is 6.07 Å². The molecule has 20 heavy (non-hydrogen) atoms. The number of nitrogens with one attached hydrogen (secondary N) is 1. The van der Waals surface area contributed by atoms with Gasteiger partial charge in [-0.2, -0.15) is 5.26 Å². The average Bonchev–Trinajstić information content (AvgIpc) is 2.83. The van der Waals surface area contributed by atoms with Crippen LogP contribution in [-0.4, -0.2) is 4.98 Å². The molecule has 1 heterocycles. The maximum absolute atomic E-state index is 13.1. The first-order valence-electron chi connectivity index (χ1n) is 6.10. The van der Waals surface area contributed by atoms with E-state index in [2.05, 4.69) is 10.3 Å². The first-order valence-corrected chi connectivity index (χ1v) is 6.10. The molecule has 0 saturated carbocycles. The molecule has 1 N–H and O–H groups in total. The third-order valence-electron chi connectivity index (χ3n) is 2.68. The van der Waals surface area contributed by atoms with Crippen molar-refractivity contribution in [3.05, 3.63) is 47.0 Å². The number of rotatable bonds is 4. The number of hydrogen-bond acceptors (Lipinski definition) is 4. The Morgan fingerprint density at radius 3 is 2.70 bits per heavy atom. The highest BCUT2D eigenvalue weighted by molar-refractivity contribution is 5.46. The molecule has 0 aliphatic carbocycles. The summed E-state index contributed by atoms with van der Waals surface area (Å²) >= 11 is 0. The Morgan fingerprint density at radius 2 is 2.10 bits per heavy atom. The van der Waals surface area contributed by atoms with Crippen molar-refractivity contribution in [2.75, 3.05) is 5.32 Å². The Balaban J connectivity index is 2.14. The first-order chi connectivity index (χ1) is 9.51. The SMILES string of the molecule is CC(C)c1nc(C#N)c(NCc2ccc(F)c(F)c2)o1. The van der Waals surface area contributed by atoms with Crippen molar-refractivity contribution in [2.45, 2.75) is 26.3 Å². The maximum atomic E-state index is 13.1. The van der Waals surface area contributed by atoms with E-state index >= 15 is 0 Å². The monoisotopic (exact) mass is 277 g/mol. The molecule has 0 amide bonds. The minimum atomic E-state index is -0.912. The Morgan fingerprint density at radius 1 is 1.35 bits per heavy atom. The molecular weight excluding hydrogens is 264 g/mol. The van der Waals surface area contributed by atoms with Gasteiger partial charge in [-0.05, 0) is 17.7 Å². The van der Waals surface area contributed by atoms with Crippen LogP contribution < -0.4 is 5.32 Å². The fraction of sp³-hybridized carbons (Fsp3) is 0.286. The largest absolute Gasteiger partial charge is 0.424 e. The quantitative estimate of drug-likeness (QED) is 0.928. The zero-order valence-electron chi connectivity index (χ0n) is 11.1. The molecule has 6 heteroatoms. The van der Waals surface area contributed by atoms with Gasteiger partial charge in [-0.3, -0.25) is 0 Å². The van der Waals surface area contributed by atoms with Gasteiger partial charge in [-0.1, -0.05) is 19.9 Å². The van der Waals surface area contributed by atoms with Gasteiger partial charge in [0.2, 0.25) is 17.5 Å². The summed E-state index contributed by atoms with van der Waals surface area (Å²) in [5.41, 5.74) is 0.687. The van der Waals surface area contributed by atoms with Crippen LogP contribution in [0.5, 0.6) is 0 Å². The van der Waals surface area contributed by atoms with E-state index in [9.17, 15) is 8.78 Å². The molecular formula is C14H13F2N3O. The number of hydrogen-bond donors (Lipinski definition) is 1. The summed E-state index contributed by atoms with van der Waals surface area (Å²) in [5.74, 6) is -1.06. The number of aromatic nitrogens is 1. The van der Waals surface area contributed by atoms with Crippen molar-refractivity contribution in [2.24, 2.45) is 0 Å². The lowest BCUT2D eigenvalue weighted by Crippen LogP contribution is -2.01. The predicted octanol–water partition coefficient (Wildman–Crippen LogP) is 3.56. The summed E-state index contributed by atoms with van der Waals surface area (Å²) in [6.07, 6.45) is 0. The molecule has 1 aromatic heterocycles. The minimum Gasteiger partial charge on any atom is -0.424 e. The van der Waals surface area contributed by atoms with E-state index in [1.807, 2.05) is 19.9 Å². The summed E-state index contributed by atoms with van der Waals surface area (Å²) in [4.78, 5) is 4.05. The van der Waals surface area contributed by atoms with Crippen molar-refractivity contribution < 1.29 is 13.2 Å². The van der Waals surface area contributed by atoms with Crippen molar-refractivity contribution in [3.63, 3.8) is 0 Å². The molecule has 0 saturated heterocycles. The zero-order chi connectivity index (χ0) is 14.7. The lowest BCUT2D eigenvalue weighted by atomic mass is 10.2. The van der Waals surface area contributed by atoms with Gasteiger partial charge in [0.25, 0.3) is 0 Å². The van der Waals surface area contributed by atoms with Crippen LogP contribution in [0.3, 0.4) is 0 Å². The maximum Gasteiger partial charge on any atom is 0.232 e. The van der Waals surface area contributed by atoms with Crippen LogP contribution in [0.25, 0.3) is 0 Å². The molecule has 2 aromatic rings. The molecule has 1 aromatic carbocycles. The Bertz CT molecular complexity index is 659. The molecule has 0 spiro atoms. The standard InChI is InChI=1S/C14H13F2N3O/c1-8(2)13-19-12(6-17)14(20-13)18-7-9-3-4-10(15)11(16)5-9/h3-5,8,18H,7H2,1-2H3. The van der Waals surface area contributed by atoms with Gasteiger partial charge in [0, 0.05) is 12.5 Å². The molecule has 0 bridgehead atoms. The first kappa shape index (κ1) is 14.0. The van der Waals surface area contributed by atoms with Crippen LogP contribution in [-0.2, 0) is 6.54 Å². The minimum absolute atomic E-state index is 0.0564. The van der Waals surface area contributed by atoms with Gasteiger partial charge in [0.05, 0.1) is 0 Å². The number of nitrogens with zero attached hydrogens (tertiary/aromatic N) is 2. The number of anilines is 1. The van der Waals surface area contributed by atoms with Crippen LogP contribution in [0.1, 0.15) is 36.9 Å². The van der Waals surface area contributed by atoms with E-state index in [-0.39, 0.29) is 24.0 Å². The van der Waals surface area contributed by atoms with Crippen molar-refractivity contribution >= 4 is 5.88 Å². The molecule has 0 aliphatic heterocycles. The molecule has 0 aliphatic rings. The molecule has 0 unspecified atom stereocenters. The number of oxazole rings is 1. The average molecular weight is 277 g/mol. The second kappa shape index (κ2) is 5.70. The molecule has 0 atom stereocenters. The molecule has 0 radical (unpaired) electrons. The zero-order valence-corrected chi connectivity index (χ0v) is 11.1. The van der Waals surface area contributed by atoms with Crippen LogP contribution in [0.4, 0.5) is 14.7 Å². The third kappa shape index (κ3) is 2.94. The topological polar surface area (TPSA) is 61.9 Å². The number of benzene rings is 1. The van der Waals surface area contributed by atoms with Crippen LogP contribution >= 0.6 is 0 Å². The summed E-state index contributed by atoms with van der Waals surface area (Å²) in [5, 5.41) is 11.8. The number of halogens is 2. The van der Waals surface area contributed by atoms with E-state index in [4.69, 9.17) is 9.68 Å². The smallest absolute Gasteiger partial charge is 0.232 e. The third-order valence-corrected chi connectivity index (χ3v) is 2.68. The molecule has 2 rings (SSSR count). The second-order valence-corrected chi connectivity index (χ2v) is 4.60. The van der Waals surface area contributed by atoms with Gasteiger partial charge < -0.3 is 9.73 Å². The molecule has 4 nitrogen and oxygen atoms in total. The van der Waals surface area contributed by atoms with Crippen molar-refractivity contribution in [1.29, 1.82) is 5.26 Å². The van der Waals surface area contributed by atoms with E-state index in [1.54, 1.807) is 0 Å². The summed E-state index contributed by atoms with van der Waals surface area (Å²) in [6, 6.07) is 5.53. The van der Waals surface area contributed by atoms with Crippen LogP contribution in [0.2, 0.25) is 0 Å². The Hall–Kier alpha value is -2.42. The Kier molecular flexibility index (Phi) is 3.99.